The molecule has 1 aromatic carbocycles. The number of pyridine rings is 1. The van der Waals surface area contributed by atoms with E-state index in [1.807, 2.05) is 0 Å². The summed E-state index contributed by atoms with van der Waals surface area (Å²) in [5.41, 5.74) is -0.00109. The maximum absolute atomic E-state index is 13.0. The molecule has 0 bridgehead atoms. The van der Waals surface area contributed by atoms with Crippen LogP contribution >= 0.6 is 0 Å². The Bertz CT molecular complexity index is 769. The van der Waals surface area contributed by atoms with Crippen LogP contribution < -0.4 is 10.1 Å². The van der Waals surface area contributed by atoms with Crippen molar-refractivity contribution in [3.05, 3.63) is 54.0 Å². The molecule has 6 nitrogen and oxygen atoms in total. The number of nitrogens with one attached hydrogen (secondary N) is 1. The fraction of sp³-hybridized carbons (Fsp3) is 0.368. The highest BCUT2D eigenvalue weighted by Crippen LogP contribution is 2.28. The number of methoxy groups -OCH3 is 1. The first-order valence-electron chi connectivity index (χ1n) is 8.42. The van der Waals surface area contributed by atoms with Gasteiger partial charge in [0, 0.05) is 32.5 Å². The van der Waals surface area contributed by atoms with Gasteiger partial charge in [-0.1, -0.05) is 0 Å². The molecule has 1 aromatic heterocycles. The van der Waals surface area contributed by atoms with Crippen molar-refractivity contribution < 1.29 is 18.7 Å². The molecule has 2 heterocycles. The summed E-state index contributed by atoms with van der Waals surface area (Å²) in [7, 11) is 3.38. The standard InChI is InChI=1S/C19H22FN3O3/c1-21-17-11-14(7-9-22-17)18(24)23-10-8-19(12-23,25-2)13-26-16-5-3-15(20)4-6-16/h3-7,9,11H,8,10,12-13H2,1-2H3,(H,21,22)/t19-/m0/s1. The average molecular weight is 359 g/mol. The van der Waals surface area contributed by atoms with Gasteiger partial charge in [-0.15, -0.1) is 0 Å². The predicted molar refractivity (Wildman–Crippen MR) is 95.9 cm³/mol. The molecule has 3 rings (SSSR count). The first-order chi connectivity index (χ1) is 12.5. The number of halogens is 1. The number of rotatable bonds is 6. The van der Waals surface area contributed by atoms with Crippen molar-refractivity contribution in [1.29, 1.82) is 0 Å². The van der Waals surface area contributed by atoms with Crippen LogP contribution in [0.3, 0.4) is 0 Å². The number of carbonyl (C=O) groups excluding carboxylic acids is 1. The molecule has 1 atom stereocenters. The lowest BCUT2D eigenvalue weighted by molar-refractivity contribution is -0.0342. The van der Waals surface area contributed by atoms with Gasteiger partial charge in [0.05, 0.1) is 6.54 Å². The highest BCUT2D eigenvalue weighted by Gasteiger charge is 2.41. The third-order valence-electron chi connectivity index (χ3n) is 4.62. The van der Waals surface area contributed by atoms with Gasteiger partial charge in [0.15, 0.2) is 0 Å². The number of amides is 1. The maximum atomic E-state index is 13.0. The van der Waals surface area contributed by atoms with E-state index in [0.29, 0.717) is 36.6 Å². The zero-order valence-electron chi connectivity index (χ0n) is 14.9. The van der Waals surface area contributed by atoms with Crippen molar-refractivity contribution in [1.82, 2.24) is 9.88 Å². The van der Waals surface area contributed by atoms with E-state index in [1.54, 1.807) is 49.5 Å². The highest BCUT2D eigenvalue weighted by molar-refractivity contribution is 5.95. The van der Waals surface area contributed by atoms with Gasteiger partial charge in [-0.3, -0.25) is 4.79 Å². The van der Waals surface area contributed by atoms with Crippen molar-refractivity contribution >= 4 is 11.7 Å². The lowest BCUT2D eigenvalue weighted by Crippen LogP contribution is -2.42. The van der Waals surface area contributed by atoms with Crippen LogP contribution in [0.15, 0.2) is 42.6 Å². The first kappa shape index (κ1) is 18.1. The van der Waals surface area contributed by atoms with Crippen LogP contribution in [-0.2, 0) is 4.74 Å². The largest absolute Gasteiger partial charge is 0.491 e. The monoisotopic (exact) mass is 359 g/mol. The molecule has 2 aromatic rings. The summed E-state index contributed by atoms with van der Waals surface area (Å²) in [5, 5.41) is 2.93. The molecular formula is C19H22FN3O3. The van der Waals surface area contributed by atoms with Crippen LogP contribution in [-0.4, -0.2) is 55.2 Å². The molecule has 1 aliphatic heterocycles. The van der Waals surface area contributed by atoms with E-state index in [0.717, 1.165) is 0 Å². The van der Waals surface area contributed by atoms with Crippen molar-refractivity contribution in [2.45, 2.75) is 12.0 Å². The van der Waals surface area contributed by atoms with Gasteiger partial charge in [0.1, 0.15) is 29.6 Å². The van der Waals surface area contributed by atoms with Gasteiger partial charge in [-0.25, -0.2) is 9.37 Å². The molecule has 0 spiro atoms. The summed E-state index contributed by atoms with van der Waals surface area (Å²) in [6.45, 7) is 1.30. The molecule has 1 aliphatic rings. The summed E-state index contributed by atoms with van der Waals surface area (Å²) < 4.78 is 24.4. The SMILES string of the molecule is CNc1cc(C(=O)N2CC[C@](COc3ccc(F)cc3)(OC)C2)ccn1. The van der Waals surface area contributed by atoms with E-state index in [1.165, 1.54) is 12.1 Å². The van der Waals surface area contributed by atoms with Crippen LogP contribution in [0.25, 0.3) is 0 Å². The Morgan fingerprint density at radius 1 is 1.35 bits per heavy atom. The molecule has 0 aliphatic carbocycles. The number of likely N-dealkylation sites (tertiary alicyclic amines) is 1. The summed E-state index contributed by atoms with van der Waals surface area (Å²) in [6.07, 6.45) is 2.27. The van der Waals surface area contributed by atoms with Gasteiger partial charge in [-0.05, 0) is 42.8 Å². The minimum absolute atomic E-state index is 0.0652. The Hall–Kier alpha value is -2.67. The number of aromatic nitrogens is 1. The number of anilines is 1. The van der Waals surface area contributed by atoms with Crippen LogP contribution in [0.4, 0.5) is 10.2 Å². The second-order valence-corrected chi connectivity index (χ2v) is 6.29. The second-order valence-electron chi connectivity index (χ2n) is 6.29. The van der Waals surface area contributed by atoms with Crippen molar-refractivity contribution in [2.24, 2.45) is 0 Å². The van der Waals surface area contributed by atoms with Crippen LogP contribution in [0.1, 0.15) is 16.8 Å². The van der Waals surface area contributed by atoms with Crippen LogP contribution in [0.5, 0.6) is 5.75 Å². The quantitative estimate of drug-likeness (QED) is 0.859. The van der Waals surface area contributed by atoms with E-state index in [2.05, 4.69) is 10.3 Å². The predicted octanol–water partition coefficient (Wildman–Crippen LogP) is 2.57. The average Bonchev–Trinajstić information content (AvgIpc) is 3.12. The van der Waals surface area contributed by atoms with Gasteiger partial charge in [-0.2, -0.15) is 0 Å². The first-order valence-corrected chi connectivity index (χ1v) is 8.42. The molecule has 1 fully saturated rings. The second kappa shape index (κ2) is 7.70. The number of hydrogen-bond donors (Lipinski definition) is 1. The maximum Gasteiger partial charge on any atom is 0.254 e. The third kappa shape index (κ3) is 3.94. The molecule has 1 amide bonds. The van der Waals surface area contributed by atoms with E-state index >= 15 is 0 Å². The van der Waals surface area contributed by atoms with E-state index in [-0.39, 0.29) is 18.3 Å². The molecule has 7 heteroatoms. The number of hydrogen-bond acceptors (Lipinski definition) is 5. The molecule has 1 N–H and O–H groups in total. The zero-order chi connectivity index (χ0) is 18.6. The minimum atomic E-state index is -0.580. The van der Waals surface area contributed by atoms with Crippen LogP contribution in [0.2, 0.25) is 0 Å². The zero-order valence-corrected chi connectivity index (χ0v) is 14.9. The van der Waals surface area contributed by atoms with E-state index < -0.39 is 5.60 Å². The van der Waals surface area contributed by atoms with Gasteiger partial charge < -0.3 is 19.7 Å². The molecule has 0 saturated carbocycles. The number of benzene rings is 1. The van der Waals surface area contributed by atoms with E-state index in [4.69, 9.17) is 9.47 Å². The molecular weight excluding hydrogens is 337 g/mol. The van der Waals surface area contributed by atoms with E-state index in [9.17, 15) is 9.18 Å². The number of nitrogens with zero attached hydrogens (tertiary/aromatic N) is 2. The summed E-state index contributed by atoms with van der Waals surface area (Å²) in [6, 6.07) is 9.28. The summed E-state index contributed by atoms with van der Waals surface area (Å²) in [5.74, 6) is 0.840. The Balaban J connectivity index is 1.65. The Labute approximate surface area is 151 Å². The number of ether oxygens (including phenoxy) is 2. The molecule has 138 valence electrons. The van der Waals surface area contributed by atoms with Gasteiger partial charge in [0.2, 0.25) is 0 Å². The van der Waals surface area contributed by atoms with Crippen molar-refractivity contribution in [3.63, 3.8) is 0 Å². The summed E-state index contributed by atoms with van der Waals surface area (Å²) in [4.78, 5) is 18.6. The van der Waals surface area contributed by atoms with Gasteiger partial charge >= 0.3 is 0 Å². The Morgan fingerprint density at radius 3 is 2.81 bits per heavy atom. The molecule has 0 unspecified atom stereocenters. The Kier molecular flexibility index (Phi) is 5.37. The highest BCUT2D eigenvalue weighted by atomic mass is 19.1. The minimum Gasteiger partial charge on any atom is -0.491 e. The normalized spacial score (nSPS) is 19.4. The van der Waals surface area contributed by atoms with Crippen molar-refractivity contribution in [3.8, 4) is 5.75 Å². The topological polar surface area (TPSA) is 63.7 Å². The van der Waals surface area contributed by atoms with Gasteiger partial charge in [0.25, 0.3) is 5.91 Å². The van der Waals surface area contributed by atoms with Crippen molar-refractivity contribution in [2.75, 3.05) is 39.2 Å². The molecule has 26 heavy (non-hydrogen) atoms. The lowest BCUT2D eigenvalue weighted by atomic mass is 10.0. The fourth-order valence-electron chi connectivity index (χ4n) is 2.99. The smallest absolute Gasteiger partial charge is 0.254 e. The Morgan fingerprint density at radius 2 is 2.12 bits per heavy atom. The molecule has 1 saturated heterocycles. The summed E-state index contributed by atoms with van der Waals surface area (Å²) >= 11 is 0. The lowest BCUT2D eigenvalue weighted by Gasteiger charge is -2.28. The molecule has 0 radical (unpaired) electrons. The third-order valence-corrected chi connectivity index (χ3v) is 4.62. The fourth-order valence-corrected chi connectivity index (χ4v) is 2.99. The number of carbonyl (C=O) groups is 1. The van der Waals surface area contributed by atoms with Crippen LogP contribution in [0, 0.1) is 5.82 Å².